The topological polar surface area (TPSA) is 42.0 Å². The number of benzene rings is 2. The third-order valence-corrected chi connectivity index (χ3v) is 4.42. The van der Waals surface area contributed by atoms with E-state index in [1.165, 1.54) is 10.2 Å². The lowest BCUT2D eigenvalue weighted by Gasteiger charge is -2.02. The first-order valence-corrected chi connectivity index (χ1v) is 8.28. The van der Waals surface area contributed by atoms with Crippen molar-refractivity contribution in [2.45, 2.75) is 26.3 Å². The van der Waals surface area contributed by atoms with Gasteiger partial charge in [0.15, 0.2) is 0 Å². The van der Waals surface area contributed by atoms with Gasteiger partial charge < -0.3 is 4.57 Å². The minimum atomic E-state index is 0.812. The molecule has 0 amide bonds. The summed E-state index contributed by atoms with van der Waals surface area (Å²) in [6.07, 6.45) is 2.28. The smallest absolute Gasteiger partial charge is 0.213 e. The molecular formula is C17H18N4S. The van der Waals surface area contributed by atoms with Crippen LogP contribution in [0.15, 0.2) is 70.0 Å². The molecule has 0 radical (unpaired) electrons. The average Bonchev–Trinajstić information content (AvgIpc) is 2.91. The molecule has 1 heterocycles. The molecule has 112 valence electrons. The number of aryl methyl sites for hydroxylation is 1. The summed E-state index contributed by atoms with van der Waals surface area (Å²) in [6.45, 7) is 3.15. The molecule has 0 aliphatic carbocycles. The van der Waals surface area contributed by atoms with Gasteiger partial charge in [-0.3, -0.25) is 0 Å². The summed E-state index contributed by atoms with van der Waals surface area (Å²) in [6, 6.07) is 18.0. The highest BCUT2D eigenvalue weighted by atomic mass is 32.1. The van der Waals surface area contributed by atoms with Gasteiger partial charge in [0.2, 0.25) is 4.80 Å². The lowest BCUT2D eigenvalue weighted by Crippen LogP contribution is -2.14. The predicted octanol–water partition coefficient (Wildman–Crippen LogP) is 5.10. The van der Waals surface area contributed by atoms with Gasteiger partial charge in [-0.15, -0.1) is 10.2 Å². The first-order chi connectivity index (χ1) is 10.9. The summed E-state index contributed by atoms with van der Waals surface area (Å²) in [5.41, 5.74) is 2.03. The summed E-state index contributed by atoms with van der Waals surface area (Å²) in [5.74, 6) is 0. The SMILES string of the molecule is CCCCn1c(=NN=Nc2ccccc2)sc2ccccc21. The minimum absolute atomic E-state index is 0.812. The lowest BCUT2D eigenvalue weighted by atomic mass is 10.3. The monoisotopic (exact) mass is 310 g/mol. The van der Waals surface area contributed by atoms with Crippen LogP contribution in [0.2, 0.25) is 0 Å². The predicted molar refractivity (Wildman–Crippen MR) is 91.2 cm³/mol. The Morgan fingerprint density at radius 3 is 2.59 bits per heavy atom. The summed E-state index contributed by atoms with van der Waals surface area (Å²) in [5, 5.41) is 12.5. The highest BCUT2D eigenvalue weighted by molar-refractivity contribution is 7.16. The summed E-state index contributed by atoms with van der Waals surface area (Å²) >= 11 is 1.65. The Morgan fingerprint density at radius 2 is 1.77 bits per heavy atom. The van der Waals surface area contributed by atoms with Crippen LogP contribution in [0.5, 0.6) is 0 Å². The Morgan fingerprint density at radius 1 is 1.00 bits per heavy atom. The minimum Gasteiger partial charge on any atom is -0.315 e. The fourth-order valence-corrected chi connectivity index (χ4v) is 3.24. The van der Waals surface area contributed by atoms with Crippen molar-refractivity contribution in [3.05, 3.63) is 59.4 Å². The van der Waals surface area contributed by atoms with Gasteiger partial charge in [-0.2, -0.15) is 0 Å². The van der Waals surface area contributed by atoms with E-state index in [0.29, 0.717) is 0 Å². The normalized spacial score (nSPS) is 12.5. The molecule has 3 rings (SSSR count). The van der Waals surface area contributed by atoms with Crippen molar-refractivity contribution in [2.24, 2.45) is 15.4 Å². The van der Waals surface area contributed by atoms with Gasteiger partial charge in [-0.1, -0.05) is 55.0 Å². The largest absolute Gasteiger partial charge is 0.315 e. The molecule has 0 atom stereocenters. The van der Waals surface area contributed by atoms with E-state index in [-0.39, 0.29) is 0 Å². The summed E-state index contributed by atoms with van der Waals surface area (Å²) in [7, 11) is 0. The maximum atomic E-state index is 4.33. The third kappa shape index (κ3) is 3.31. The summed E-state index contributed by atoms with van der Waals surface area (Å²) in [4.78, 5) is 0.898. The molecule has 0 aliphatic heterocycles. The van der Waals surface area contributed by atoms with Crippen molar-refractivity contribution < 1.29 is 0 Å². The van der Waals surface area contributed by atoms with E-state index in [9.17, 15) is 0 Å². The number of nitrogens with zero attached hydrogens (tertiary/aromatic N) is 4. The molecule has 4 nitrogen and oxygen atoms in total. The van der Waals surface area contributed by atoms with Gasteiger partial charge in [0.05, 0.1) is 15.9 Å². The third-order valence-electron chi connectivity index (χ3n) is 3.37. The molecule has 1 aromatic heterocycles. The second-order valence-electron chi connectivity index (χ2n) is 4.98. The second-order valence-corrected chi connectivity index (χ2v) is 5.99. The van der Waals surface area contributed by atoms with Gasteiger partial charge in [-0.25, -0.2) is 0 Å². The van der Waals surface area contributed by atoms with Crippen LogP contribution in [0.1, 0.15) is 19.8 Å². The van der Waals surface area contributed by atoms with Gasteiger partial charge >= 0.3 is 0 Å². The van der Waals surface area contributed by atoms with E-state index in [2.05, 4.69) is 51.2 Å². The molecule has 0 bridgehead atoms. The number of para-hydroxylation sites is 1. The Hall–Kier alpha value is -2.27. The van der Waals surface area contributed by atoms with Crippen LogP contribution < -0.4 is 4.80 Å². The number of hydrogen-bond acceptors (Lipinski definition) is 3. The Kier molecular flexibility index (Phi) is 4.75. The van der Waals surface area contributed by atoms with Crippen LogP contribution in [0, 0.1) is 0 Å². The number of rotatable bonds is 5. The fourth-order valence-electron chi connectivity index (χ4n) is 2.24. The zero-order valence-electron chi connectivity index (χ0n) is 12.5. The lowest BCUT2D eigenvalue weighted by molar-refractivity contribution is 0.630. The molecule has 0 saturated carbocycles. The van der Waals surface area contributed by atoms with Crippen LogP contribution in [-0.2, 0) is 6.54 Å². The van der Waals surface area contributed by atoms with Crippen molar-refractivity contribution in [2.75, 3.05) is 0 Å². The Bertz CT molecular complexity index is 830. The van der Waals surface area contributed by atoms with Crippen LogP contribution in [-0.4, -0.2) is 4.57 Å². The van der Waals surface area contributed by atoms with Crippen molar-refractivity contribution >= 4 is 27.2 Å². The fraction of sp³-hybridized carbons (Fsp3) is 0.235. The van der Waals surface area contributed by atoms with Gasteiger partial charge in [0, 0.05) is 6.54 Å². The molecule has 2 aromatic carbocycles. The summed E-state index contributed by atoms with van der Waals surface area (Å²) < 4.78 is 3.46. The van der Waals surface area contributed by atoms with Crippen LogP contribution in [0.4, 0.5) is 5.69 Å². The highest BCUT2D eigenvalue weighted by Gasteiger charge is 2.04. The Labute approximate surface area is 133 Å². The zero-order valence-corrected chi connectivity index (χ0v) is 13.3. The number of aromatic nitrogens is 1. The van der Waals surface area contributed by atoms with Crippen molar-refractivity contribution in [3.8, 4) is 0 Å². The van der Waals surface area contributed by atoms with Crippen molar-refractivity contribution in [1.29, 1.82) is 0 Å². The second kappa shape index (κ2) is 7.13. The van der Waals surface area contributed by atoms with E-state index in [0.717, 1.165) is 29.9 Å². The quantitative estimate of drug-likeness (QED) is 0.464. The maximum Gasteiger partial charge on any atom is 0.213 e. The first kappa shape index (κ1) is 14.7. The van der Waals surface area contributed by atoms with E-state index in [4.69, 9.17) is 0 Å². The number of hydrogen-bond donors (Lipinski definition) is 0. The molecular weight excluding hydrogens is 292 g/mol. The van der Waals surface area contributed by atoms with Crippen molar-refractivity contribution in [3.63, 3.8) is 0 Å². The van der Waals surface area contributed by atoms with Crippen LogP contribution in [0.25, 0.3) is 10.2 Å². The van der Waals surface area contributed by atoms with E-state index in [1.54, 1.807) is 11.3 Å². The molecule has 0 N–H and O–H groups in total. The molecule has 0 spiro atoms. The molecule has 0 aliphatic rings. The first-order valence-electron chi connectivity index (χ1n) is 7.46. The molecule has 22 heavy (non-hydrogen) atoms. The van der Waals surface area contributed by atoms with Crippen LogP contribution in [0.3, 0.4) is 0 Å². The van der Waals surface area contributed by atoms with Crippen LogP contribution >= 0.6 is 11.3 Å². The number of fused-ring (bicyclic) bond motifs is 1. The molecule has 0 fully saturated rings. The number of thiazole rings is 1. The maximum absolute atomic E-state index is 4.33. The molecule has 5 heteroatoms. The zero-order chi connectivity index (χ0) is 15.2. The van der Waals surface area contributed by atoms with E-state index < -0.39 is 0 Å². The molecule has 0 unspecified atom stereocenters. The van der Waals surface area contributed by atoms with E-state index in [1.807, 2.05) is 30.3 Å². The van der Waals surface area contributed by atoms with E-state index >= 15 is 0 Å². The molecule has 3 aromatic rings. The standard InChI is InChI=1S/C17H18N4S/c1-2-3-13-21-15-11-7-8-12-16(15)22-17(21)19-20-18-14-9-5-4-6-10-14/h4-12H,2-3,13H2,1H3. The average molecular weight is 310 g/mol. The number of unbranched alkanes of at least 4 members (excludes halogenated alkanes) is 1. The van der Waals surface area contributed by atoms with Gasteiger partial charge in [0.25, 0.3) is 0 Å². The van der Waals surface area contributed by atoms with Gasteiger partial charge in [-0.05, 0) is 35.9 Å². The Balaban J connectivity index is 1.98. The van der Waals surface area contributed by atoms with Gasteiger partial charge in [0.1, 0.15) is 0 Å². The molecule has 0 saturated heterocycles. The van der Waals surface area contributed by atoms with Crippen molar-refractivity contribution in [1.82, 2.24) is 4.57 Å². The highest BCUT2D eigenvalue weighted by Crippen LogP contribution is 2.17.